The van der Waals surface area contributed by atoms with Crippen LogP contribution in [0.1, 0.15) is 0 Å². The van der Waals surface area contributed by atoms with E-state index in [-0.39, 0.29) is 18.9 Å². The van der Waals surface area contributed by atoms with Crippen molar-refractivity contribution in [3.05, 3.63) is 30.3 Å². The molecule has 1 aromatic carbocycles. The second-order valence-corrected chi connectivity index (χ2v) is 8.62. The zero-order valence-corrected chi connectivity index (χ0v) is 8.81. The molecule has 0 atom stereocenters. The van der Waals surface area contributed by atoms with E-state index in [2.05, 4.69) is 37.8 Å². The molecule has 0 aliphatic carbocycles. The van der Waals surface area contributed by atoms with Gasteiger partial charge in [-0.05, 0) is 0 Å². The van der Waals surface area contributed by atoms with Crippen LogP contribution in [0.25, 0.3) is 0 Å². The summed E-state index contributed by atoms with van der Waals surface area (Å²) in [6, 6.07) is 11.4. The number of rotatable bonds is 1. The van der Waals surface area contributed by atoms with Crippen molar-refractivity contribution in [3.63, 3.8) is 0 Å². The van der Waals surface area contributed by atoms with Crippen LogP contribution < -0.4 is 24.0 Å². The van der Waals surface area contributed by atoms with Crippen molar-refractivity contribution in [2.45, 2.75) is 19.6 Å². The fourth-order valence-electron chi connectivity index (χ4n) is 0.887. The van der Waals surface area contributed by atoms with Gasteiger partial charge in [0.05, 0.1) is 8.07 Å². The summed E-state index contributed by atoms with van der Waals surface area (Å²) in [5.41, 5.74) is 0. The van der Waals surface area contributed by atoms with E-state index in [1.807, 2.05) is 12.1 Å². The van der Waals surface area contributed by atoms with Gasteiger partial charge < -0.3 is 0 Å². The molecule has 0 unspecified atom stereocenters. The summed E-state index contributed by atoms with van der Waals surface area (Å²) in [6.07, 6.45) is 0. The second kappa shape index (κ2) is 4.16. The molecule has 54 valence electrons. The summed E-state index contributed by atoms with van der Waals surface area (Å²) in [5.74, 6) is 0. The van der Waals surface area contributed by atoms with E-state index in [0.717, 1.165) is 0 Å². The minimum atomic E-state index is -1.05. The molecule has 0 saturated carbocycles. The van der Waals surface area contributed by atoms with E-state index < -0.39 is 8.07 Å². The first-order valence-corrected chi connectivity index (χ1v) is 7.07. The Hall–Kier alpha value is 0.0343. The largest absolute Gasteiger partial charge is 1.00 e. The van der Waals surface area contributed by atoms with Gasteiger partial charge >= 0.3 is 18.9 Å². The maximum atomic E-state index is 3.03. The Morgan fingerprint density at radius 2 is 1.55 bits per heavy atom. The van der Waals surface area contributed by atoms with Crippen molar-refractivity contribution in [1.82, 2.24) is 0 Å². The maximum Gasteiger partial charge on any atom is 1.00 e. The third-order valence-corrected chi connectivity index (χ3v) is 3.65. The summed E-state index contributed by atoms with van der Waals surface area (Å²) < 4.78 is 0. The van der Waals surface area contributed by atoms with Crippen LogP contribution in [0.2, 0.25) is 19.6 Å². The fourth-order valence-corrected chi connectivity index (χ4v) is 2.05. The van der Waals surface area contributed by atoms with Crippen molar-refractivity contribution in [3.8, 4) is 0 Å². The quantitative estimate of drug-likeness (QED) is 0.363. The Balaban J connectivity index is 0.000001000. The molecule has 1 rings (SSSR count). The van der Waals surface area contributed by atoms with Gasteiger partial charge in [-0.3, -0.25) is 0 Å². The van der Waals surface area contributed by atoms with Crippen LogP contribution in [0.5, 0.6) is 0 Å². The molecule has 0 heterocycles. The molecule has 2 heteroatoms. The zero-order valence-electron chi connectivity index (χ0n) is 7.81. The number of hydrogen-bond donors (Lipinski definition) is 0. The Bertz CT molecular complexity index is 201. The average Bonchev–Trinajstić information content (AvgIpc) is 1.88. The fraction of sp³-hybridized carbons (Fsp3) is 0.333. The van der Waals surface area contributed by atoms with Gasteiger partial charge in [0.2, 0.25) is 0 Å². The molecule has 1 aromatic rings. The first kappa shape index (κ1) is 11.0. The molecule has 0 saturated heterocycles. The van der Waals surface area contributed by atoms with E-state index in [1.165, 1.54) is 5.19 Å². The molecule has 0 N–H and O–H groups in total. The van der Waals surface area contributed by atoms with Crippen LogP contribution in [0.4, 0.5) is 0 Å². The molecular weight excluding hydrogens is 143 g/mol. The van der Waals surface area contributed by atoms with Crippen LogP contribution >= 0.6 is 0 Å². The van der Waals surface area contributed by atoms with E-state index in [4.69, 9.17) is 0 Å². The minimum Gasteiger partial charge on any atom is -0.184 e. The molecule has 0 aliphatic heterocycles. The molecule has 0 amide bonds. The molecule has 0 spiro atoms. The van der Waals surface area contributed by atoms with Crippen molar-refractivity contribution < 1.29 is 18.9 Å². The van der Waals surface area contributed by atoms with Crippen molar-refractivity contribution in [2.24, 2.45) is 0 Å². The molecule has 0 bridgehead atoms. The monoisotopic (exact) mass is 156 g/mol. The predicted molar refractivity (Wildman–Crippen MR) is 48.3 cm³/mol. The van der Waals surface area contributed by atoms with Gasteiger partial charge in [-0.15, -0.1) is 0 Å². The van der Waals surface area contributed by atoms with E-state index in [9.17, 15) is 0 Å². The van der Waals surface area contributed by atoms with Crippen LogP contribution in [0.3, 0.4) is 0 Å². The molecule has 0 radical (unpaired) electrons. The van der Waals surface area contributed by atoms with E-state index in [1.54, 1.807) is 0 Å². The summed E-state index contributed by atoms with van der Waals surface area (Å²) in [5, 5.41) is 1.51. The Morgan fingerprint density at radius 1 is 1.09 bits per heavy atom. The summed E-state index contributed by atoms with van der Waals surface area (Å²) in [6.45, 7) is 7.05. The van der Waals surface area contributed by atoms with Crippen LogP contribution in [-0.4, -0.2) is 8.07 Å². The van der Waals surface area contributed by atoms with Gasteiger partial charge in [-0.2, -0.15) is 35.5 Å². The number of benzene rings is 1. The Kier molecular flexibility index (Phi) is 4.17. The van der Waals surface area contributed by atoms with Crippen molar-refractivity contribution >= 4 is 13.3 Å². The molecule has 0 aliphatic rings. The van der Waals surface area contributed by atoms with Gasteiger partial charge in [0.15, 0.2) is 0 Å². The Morgan fingerprint density at radius 3 is 1.82 bits per heavy atom. The van der Waals surface area contributed by atoms with Crippen LogP contribution in [0, 0.1) is 6.07 Å². The van der Waals surface area contributed by atoms with Gasteiger partial charge in [0.1, 0.15) is 0 Å². The standard InChI is InChI=1S/C9H13Si.Li/c1-10(2,3)9-7-5-4-6-8-9;/h5-8H,1-3H3;/q-1;+1. The number of hydrogen-bond acceptors (Lipinski definition) is 0. The van der Waals surface area contributed by atoms with E-state index >= 15 is 0 Å². The maximum absolute atomic E-state index is 3.03. The molecule has 0 fully saturated rings. The third-order valence-electron chi connectivity index (χ3n) is 1.58. The summed E-state index contributed by atoms with van der Waals surface area (Å²) in [4.78, 5) is 0. The smallest absolute Gasteiger partial charge is 0.184 e. The summed E-state index contributed by atoms with van der Waals surface area (Å²) >= 11 is 0. The molecule has 0 nitrogen and oxygen atoms in total. The minimum absolute atomic E-state index is 0. The van der Waals surface area contributed by atoms with Crippen molar-refractivity contribution in [1.29, 1.82) is 0 Å². The van der Waals surface area contributed by atoms with Crippen LogP contribution in [-0.2, 0) is 0 Å². The van der Waals surface area contributed by atoms with E-state index in [0.29, 0.717) is 0 Å². The first-order valence-electron chi connectivity index (χ1n) is 3.57. The predicted octanol–water partition coefficient (Wildman–Crippen LogP) is -0.964. The first-order chi connectivity index (χ1) is 4.61. The normalized spacial score (nSPS) is 10.5. The third kappa shape index (κ3) is 3.29. The molecule has 0 aromatic heterocycles. The molecule has 11 heavy (non-hydrogen) atoms. The topological polar surface area (TPSA) is 0 Å². The zero-order chi connectivity index (χ0) is 7.61. The van der Waals surface area contributed by atoms with Gasteiger partial charge in [0.25, 0.3) is 0 Å². The second-order valence-electron chi connectivity index (χ2n) is 3.54. The van der Waals surface area contributed by atoms with Gasteiger partial charge in [-0.25, -0.2) is 0 Å². The van der Waals surface area contributed by atoms with Gasteiger partial charge in [-0.1, -0.05) is 19.6 Å². The molecular formula is C9H13LiSi. The Labute approximate surface area is 82.2 Å². The summed E-state index contributed by atoms with van der Waals surface area (Å²) in [7, 11) is -1.05. The SMILES string of the molecule is C[Si](C)(C)c1cc[c-]cc1.[Li+]. The van der Waals surface area contributed by atoms with Gasteiger partial charge in [0, 0.05) is 0 Å². The average molecular weight is 156 g/mol. The van der Waals surface area contributed by atoms with Crippen LogP contribution in [0.15, 0.2) is 24.3 Å². The van der Waals surface area contributed by atoms with Crippen molar-refractivity contribution in [2.75, 3.05) is 0 Å².